The van der Waals surface area contributed by atoms with Crippen LogP contribution in [0.2, 0.25) is 10.0 Å². The molecule has 2 amide bonds. The average Bonchev–Trinajstić information content (AvgIpc) is 3.63. The number of carbonyl (C=O) groups is 2. The third-order valence-electron chi connectivity index (χ3n) is 6.92. The van der Waals surface area contributed by atoms with Crippen molar-refractivity contribution in [3.63, 3.8) is 0 Å². The number of halogens is 2. The number of para-hydroxylation sites is 1. The molecular formula is C32H29Cl2N5O4. The predicted molar refractivity (Wildman–Crippen MR) is 168 cm³/mol. The van der Waals surface area contributed by atoms with Gasteiger partial charge in [-0.15, -0.1) is 0 Å². The highest BCUT2D eigenvalue weighted by atomic mass is 35.5. The third-order valence-corrected chi connectivity index (χ3v) is 7.69. The summed E-state index contributed by atoms with van der Waals surface area (Å²) < 4.78 is 15.2. The Morgan fingerprint density at radius 1 is 1.02 bits per heavy atom. The van der Waals surface area contributed by atoms with Crippen molar-refractivity contribution in [3.8, 4) is 17.4 Å². The highest BCUT2D eigenvalue weighted by molar-refractivity contribution is 6.37. The number of hydrogen-bond donors (Lipinski definition) is 2. The number of imidazole rings is 1. The molecule has 0 aliphatic rings. The molecule has 0 unspecified atom stereocenters. The van der Waals surface area contributed by atoms with E-state index in [1.54, 1.807) is 50.6 Å². The number of rotatable bonds is 10. The molecule has 0 aliphatic heterocycles. The molecule has 2 aromatic heterocycles. The van der Waals surface area contributed by atoms with Crippen LogP contribution in [-0.2, 0) is 25.0 Å². The maximum atomic E-state index is 12.6. The first-order chi connectivity index (χ1) is 20.8. The maximum Gasteiger partial charge on any atom is 0.296 e. The van der Waals surface area contributed by atoms with Gasteiger partial charge in [0.25, 0.3) is 11.9 Å². The van der Waals surface area contributed by atoms with Crippen molar-refractivity contribution in [2.75, 3.05) is 14.2 Å². The number of amides is 2. The van der Waals surface area contributed by atoms with Crippen molar-refractivity contribution in [3.05, 3.63) is 111 Å². The lowest BCUT2D eigenvalue weighted by Crippen LogP contribution is -2.21. The lowest BCUT2D eigenvalue weighted by Gasteiger charge is -2.16. The fraction of sp³-hybridized carbons (Fsp3) is 0.156. The molecule has 0 fully saturated rings. The second-order valence-corrected chi connectivity index (χ2v) is 10.3. The van der Waals surface area contributed by atoms with Gasteiger partial charge in [-0.05, 0) is 60.2 Å². The number of hydrogen-bond acceptors (Lipinski definition) is 5. The van der Waals surface area contributed by atoms with Crippen LogP contribution in [0.3, 0.4) is 0 Å². The van der Waals surface area contributed by atoms with E-state index in [9.17, 15) is 9.59 Å². The molecule has 0 spiro atoms. The number of methoxy groups -OCH3 is 1. The smallest absolute Gasteiger partial charge is 0.296 e. The van der Waals surface area contributed by atoms with Gasteiger partial charge < -0.3 is 24.7 Å². The lowest BCUT2D eigenvalue weighted by molar-refractivity contribution is -0.116. The highest BCUT2D eigenvalue weighted by Crippen LogP contribution is 2.34. The van der Waals surface area contributed by atoms with Gasteiger partial charge in [0, 0.05) is 48.2 Å². The SMILES string of the molecule is CNC(=O)c1ccc(C=CC(=O)NCc2cccn2-c2ccc(Cl)c(COc3cccc4c3nc(OC)n4C)c2Cl)cc1. The molecule has 2 N–H and O–H groups in total. The van der Waals surface area contributed by atoms with Crippen molar-refractivity contribution in [2.24, 2.45) is 7.05 Å². The Hall–Kier alpha value is -4.73. The van der Waals surface area contributed by atoms with E-state index in [0.717, 1.165) is 16.8 Å². The molecule has 43 heavy (non-hydrogen) atoms. The molecule has 220 valence electrons. The predicted octanol–water partition coefficient (Wildman–Crippen LogP) is 5.95. The van der Waals surface area contributed by atoms with E-state index < -0.39 is 0 Å². The Labute approximate surface area is 258 Å². The topological polar surface area (TPSA) is 99.4 Å². The second kappa shape index (κ2) is 13.1. The maximum absolute atomic E-state index is 12.6. The van der Waals surface area contributed by atoms with E-state index in [1.807, 2.05) is 58.8 Å². The van der Waals surface area contributed by atoms with Gasteiger partial charge in [0.15, 0.2) is 0 Å². The molecule has 0 aliphatic carbocycles. The molecule has 0 atom stereocenters. The number of aromatic nitrogens is 3. The Morgan fingerprint density at radius 3 is 2.56 bits per heavy atom. The van der Waals surface area contributed by atoms with E-state index in [2.05, 4.69) is 15.6 Å². The Balaban J connectivity index is 1.28. The van der Waals surface area contributed by atoms with Crippen molar-refractivity contribution < 1.29 is 19.1 Å². The third kappa shape index (κ3) is 6.38. The van der Waals surface area contributed by atoms with E-state index >= 15 is 0 Å². The zero-order valence-electron chi connectivity index (χ0n) is 23.7. The van der Waals surface area contributed by atoms with E-state index in [-0.39, 0.29) is 25.0 Å². The molecule has 3 aromatic carbocycles. The lowest BCUT2D eigenvalue weighted by atomic mass is 10.1. The first-order valence-corrected chi connectivity index (χ1v) is 14.1. The van der Waals surface area contributed by atoms with Gasteiger partial charge in [-0.3, -0.25) is 14.2 Å². The molecule has 0 bridgehead atoms. The zero-order valence-corrected chi connectivity index (χ0v) is 25.2. The van der Waals surface area contributed by atoms with Crippen LogP contribution in [0.25, 0.3) is 22.8 Å². The average molecular weight is 619 g/mol. The van der Waals surface area contributed by atoms with Crippen LogP contribution in [0, 0.1) is 0 Å². The van der Waals surface area contributed by atoms with Gasteiger partial charge in [-0.1, -0.05) is 41.4 Å². The van der Waals surface area contributed by atoms with Gasteiger partial charge in [-0.25, -0.2) is 0 Å². The summed E-state index contributed by atoms with van der Waals surface area (Å²) in [7, 11) is 5.02. The monoisotopic (exact) mass is 617 g/mol. The van der Waals surface area contributed by atoms with Crippen LogP contribution in [0.5, 0.6) is 11.8 Å². The quantitative estimate of drug-likeness (QED) is 0.189. The number of fused-ring (bicyclic) bond motifs is 1. The highest BCUT2D eigenvalue weighted by Gasteiger charge is 2.17. The van der Waals surface area contributed by atoms with Gasteiger partial charge in [0.05, 0.1) is 29.9 Å². The molecule has 0 saturated heterocycles. The van der Waals surface area contributed by atoms with Crippen molar-refractivity contribution in [2.45, 2.75) is 13.2 Å². The summed E-state index contributed by atoms with van der Waals surface area (Å²) in [6.45, 7) is 0.381. The van der Waals surface area contributed by atoms with Crippen LogP contribution in [0.1, 0.15) is 27.2 Å². The van der Waals surface area contributed by atoms with Crippen LogP contribution in [0.15, 0.2) is 79.0 Å². The van der Waals surface area contributed by atoms with Crippen molar-refractivity contribution in [1.82, 2.24) is 24.8 Å². The first-order valence-electron chi connectivity index (χ1n) is 13.3. The molecule has 2 heterocycles. The number of aryl methyl sites for hydroxylation is 1. The second-order valence-electron chi connectivity index (χ2n) is 9.55. The summed E-state index contributed by atoms with van der Waals surface area (Å²) in [5.74, 6) is 0.147. The minimum absolute atomic E-state index is 0.117. The zero-order chi connectivity index (χ0) is 30.5. The molecule has 11 heteroatoms. The standard InChI is InChI=1S/C32H29Cl2N5O4/c1-35-31(41)21-12-9-20(10-13-21)11-16-28(40)36-18-22-6-5-17-39(22)25-15-14-24(33)23(29(25)34)19-43-27-8-4-7-26-30(27)37-32(42-3)38(26)2/h4-17H,18-19H2,1-3H3,(H,35,41)(H,36,40). The van der Waals surface area contributed by atoms with Gasteiger partial charge in [0.2, 0.25) is 5.91 Å². The molecule has 5 aromatic rings. The Morgan fingerprint density at radius 2 is 1.81 bits per heavy atom. The van der Waals surface area contributed by atoms with E-state index in [4.69, 9.17) is 32.7 Å². The van der Waals surface area contributed by atoms with Gasteiger partial charge >= 0.3 is 0 Å². The molecule has 9 nitrogen and oxygen atoms in total. The first kappa shape index (κ1) is 29.8. The Kier molecular flexibility index (Phi) is 9.04. The van der Waals surface area contributed by atoms with Crippen molar-refractivity contribution >= 4 is 52.1 Å². The number of nitrogens with one attached hydrogen (secondary N) is 2. The number of benzene rings is 3. The number of ether oxygens (including phenoxy) is 2. The van der Waals surface area contributed by atoms with Crippen LogP contribution in [-0.4, -0.2) is 40.1 Å². The summed E-state index contributed by atoms with van der Waals surface area (Å²) in [5.41, 5.74) is 5.02. The fourth-order valence-electron chi connectivity index (χ4n) is 4.61. The minimum atomic E-state index is -0.264. The van der Waals surface area contributed by atoms with Gasteiger partial charge in [-0.2, -0.15) is 4.98 Å². The number of nitrogens with zero attached hydrogens (tertiary/aromatic N) is 3. The molecule has 0 radical (unpaired) electrons. The molecule has 0 saturated carbocycles. The van der Waals surface area contributed by atoms with E-state index in [0.29, 0.717) is 44.1 Å². The van der Waals surface area contributed by atoms with Crippen LogP contribution >= 0.6 is 23.2 Å². The van der Waals surface area contributed by atoms with Gasteiger partial charge in [0.1, 0.15) is 17.9 Å². The van der Waals surface area contributed by atoms with Crippen LogP contribution in [0.4, 0.5) is 0 Å². The summed E-state index contributed by atoms with van der Waals surface area (Å²) in [5, 5.41) is 6.38. The summed E-state index contributed by atoms with van der Waals surface area (Å²) in [6, 6.07) is 20.5. The number of carbonyl (C=O) groups excluding carboxylic acids is 2. The van der Waals surface area contributed by atoms with Crippen LogP contribution < -0.4 is 20.1 Å². The molecular weight excluding hydrogens is 589 g/mol. The largest absolute Gasteiger partial charge is 0.486 e. The molecule has 5 rings (SSSR count). The summed E-state index contributed by atoms with van der Waals surface area (Å²) >= 11 is 13.4. The fourth-order valence-corrected chi connectivity index (χ4v) is 5.18. The normalized spacial score (nSPS) is 11.2. The van der Waals surface area contributed by atoms with Crippen molar-refractivity contribution in [1.29, 1.82) is 0 Å². The summed E-state index contributed by atoms with van der Waals surface area (Å²) in [6.07, 6.45) is 5.00. The van der Waals surface area contributed by atoms with E-state index in [1.165, 1.54) is 6.08 Å². The minimum Gasteiger partial charge on any atom is -0.486 e. The Bertz CT molecular complexity index is 1830. The summed E-state index contributed by atoms with van der Waals surface area (Å²) in [4.78, 5) is 28.8.